The second-order valence-corrected chi connectivity index (χ2v) is 5.54. The Morgan fingerprint density at radius 3 is 2.90 bits per heavy atom. The number of carbonyl (C=O) groups is 1. The Hall–Kier alpha value is -1.71. The van der Waals surface area contributed by atoms with Crippen molar-refractivity contribution < 1.29 is 14.6 Å². The van der Waals surface area contributed by atoms with Crippen LogP contribution in [0.3, 0.4) is 0 Å². The largest absolute Gasteiger partial charge is 0.508 e. The summed E-state index contributed by atoms with van der Waals surface area (Å²) in [6.07, 6.45) is 2.75. The Morgan fingerprint density at radius 1 is 1.45 bits per heavy atom. The zero-order valence-electron chi connectivity index (χ0n) is 12.1. The number of anilines is 1. The summed E-state index contributed by atoms with van der Waals surface area (Å²) < 4.78 is 5.13. The van der Waals surface area contributed by atoms with Crippen molar-refractivity contribution >= 4 is 11.7 Å². The van der Waals surface area contributed by atoms with Crippen molar-refractivity contribution in [1.29, 1.82) is 0 Å². The van der Waals surface area contributed by atoms with E-state index in [1.807, 2.05) is 19.1 Å². The first-order valence-electron chi connectivity index (χ1n) is 7.32. The first-order valence-corrected chi connectivity index (χ1v) is 7.32. The van der Waals surface area contributed by atoms with Crippen molar-refractivity contribution in [2.75, 3.05) is 11.9 Å². The maximum atomic E-state index is 11.8. The molecule has 2 N–H and O–H groups in total. The van der Waals surface area contributed by atoms with Gasteiger partial charge in [-0.15, -0.1) is 0 Å². The molecule has 1 aliphatic rings. The predicted molar refractivity (Wildman–Crippen MR) is 78.7 cm³/mol. The van der Waals surface area contributed by atoms with Gasteiger partial charge in [-0.1, -0.05) is 13.0 Å². The molecular formula is C16H23NO3. The van der Waals surface area contributed by atoms with E-state index >= 15 is 0 Å². The van der Waals surface area contributed by atoms with Crippen molar-refractivity contribution in [2.45, 2.75) is 39.2 Å². The summed E-state index contributed by atoms with van der Waals surface area (Å²) in [5.74, 6) is 0.550. The smallest absolute Gasteiger partial charge is 0.309 e. The van der Waals surface area contributed by atoms with Crippen LogP contribution in [0.4, 0.5) is 5.69 Å². The number of nitrogens with one attached hydrogen (secondary N) is 1. The van der Waals surface area contributed by atoms with Gasteiger partial charge in [0.1, 0.15) is 5.75 Å². The van der Waals surface area contributed by atoms with Crippen molar-refractivity contribution in [3.8, 4) is 5.75 Å². The van der Waals surface area contributed by atoms with Crippen LogP contribution in [0.25, 0.3) is 0 Å². The highest BCUT2D eigenvalue weighted by Gasteiger charge is 2.33. The Morgan fingerprint density at radius 2 is 2.25 bits per heavy atom. The van der Waals surface area contributed by atoms with Crippen LogP contribution < -0.4 is 5.32 Å². The minimum absolute atomic E-state index is 0.0252. The van der Waals surface area contributed by atoms with Crippen LogP contribution in [0.5, 0.6) is 5.75 Å². The maximum absolute atomic E-state index is 11.8. The molecule has 0 bridgehead atoms. The first kappa shape index (κ1) is 14.7. The fourth-order valence-corrected chi connectivity index (χ4v) is 2.96. The molecule has 0 saturated heterocycles. The van der Waals surface area contributed by atoms with Gasteiger partial charge in [-0.3, -0.25) is 4.79 Å². The highest BCUT2D eigenvalue weighted by Crippen LogP contribution is 2.32. The standard InChI is InChI=1S/C16H23NO3/c1-3-20-16(19)15-8-7-13(9-11(15)2)17-12-5-4-6-14(18)10-12/h4-6,10-11,13,15,17-18H,3,7-9H2,1-2H3/t11-,13-,15+/m0/s1. The van der Waals surface area contributed by atoms with E-state index in [2.05, 4.69) is 12.2 Å². The van der Waals surface area contributed by atoms with Gasteiger partial charge < -0.3 is 15.2 Å². The highest BCUT2D eigenvalue weighted by molar-refractivity contribution is 5.73. The molecular weight excluding hydrogens is 254 g/mol. The molecule has 0 radical (unpaired) electrons. The van der Waals surface area contributed by atoms with Crippen LogP contribution in [0.15, 0.2) is 24.3 Å². The number of phenolic OH excluding ortho intramolecular Hbond substituents is 1. The first-order chi connectivity index (χ1) is 9.60. The minimum Gasteiger partial charge on any atom is -0.508 e. The molecule has 0 amide bonds. The summed E-state index contributed by atoms with van der Waals surface area (Å²) in [5, 5.41) is 12.9. The van der Waals surface area contributed by atoms with E-state index in [-0.39, 0.29) is 17.6 Å². The van der Waals surface area contributed by atoms with Crippen molar-refractivity contribution in [2.24, 2.45) is 11.8 Å². The fraction of sp³-hybridized carbons (Fsp3) is 0.562. The second kappa shape index (κ2) is 6.64. The summed E-state index contributed by atoms with van der Waals surface area (Å²) >= 11 is 0. The quantitative estimate of drug-likeness (QED) is 0.830. The number of phenols is 1. The Labute approximate surface area is 120 Å². The van der Waals surface area contributed by atoms with Gasteiger partial charge in [-0.05, 0) is 44.2 Å². The van der Waals surface area contributed by atoms with E-state index in [4.69, 9.17) is 4.74 Å². The summed E-state index contributed by atoms with van der Waals surface area (Å²) in [4.78, 5) is 11.8. The van der Waals surface area contributed by atoms with Gasteiger partial charge >= 0.3 is 5.97 Å². The van der Waals surface area contributed by atoms with Crippen LogP contribution in [-0.2, 0) is 9.53 Å². The topological polar surface area (TPSA) is 58.6 Å². The fourth-order valence-electron chi connectivity index (χ4n) is 2.96. The minimum atomic E-state index is -0.0594. The second-order valence-electron chi connectivity index (χ2n) is 5.54. The normalized spacial score (nSPS) is 26.0. The Bertz CT molecular complexity index is 461. The zero-order valence-corrected chi connectivity index (χ0v) is 12.1. The molecule has 4 nitrogen and oxygen atoms in total. The van der Waals surface area contributed by atoms with Gasteiger partial charge in [0.25, 0.3) is 0 Å². The lowest BCUT2D eigenvalue weighted by Crippen LogP contribution is -2.35. The third kappa shape index (κ3) is 3.65. The summed E-state index contributed by atoms with van der Waals surface area (Å²) in [6, 6.07) is 7.50. The van der Waals surface area contributed by atoms with Gasteiger partial charge in [0.15, 0.2) is 0 Å². The lowest BCUT2D eigenvalue weighted by atomic mass is 9.78. The molecule has 110 valence electrons. The number of benzene rings is 1. The van der Waals surface area contributed by atoms with Crippen molar-refractivity contribution in [1.82, 2.24) is 0 Å². The molecule has 1 aliphatic carbocycles. The molecule has 1 aromatic carbocycles. The molecule has 0 unspecified atom stereocenters. The molecule has 1 fully saturated rings. The molecule has 4 heteroatoms. The third-order valence-corrected chi connectivity index (χ3v) is 3.98. The van der Waals surface area contributed by atoms with E-state index in [0.717, 1.165) is 24.9 Å². The monoisotopic (exact) mass is 277 g/mol. The summed E-state index contributed by atoms with van der Waals surface area (Å²) in [5.41, 5.74) is 0.928. The molecule has 0 aromatic heterocycles. The van der Waals surface area contributed by atoms with Crippen LogP contribution in [0.1, 0.15) is 33.1 Å². The maximum Gasteiger partial charge on any atom is 0.309 e. The molecule has 0 aliphatic heterocycles. The summed E-state index contributed by atoms with van der Waals surface area (Å²) in [7, 11) is 0. The van der Waals surface area contributed by atoms with Crippen molar-refractivity contribution in [3.63, 3.8) is 0 Å². The zero-order chi connectivity index (χ0) is 14.5. The van der Waals surface area contributed by atoms with Gasteiger partial charge in [-0.2, -0.15) is 0 Å². The Kier molecular flexibility index (Phi) is 4.88. The number of carbonyl (C=O) groups excluding carboxylic acids is 1. The van der Waals surface area contributed by atoms with Gasteiger partial charge in [0.05, 0.1) is 12.5 Å². The number of rotatable bonds is 4. The molecule has 1 aromatic rings. The molecule has 2 rings (SSSR count). The molecule has 1 saturated carbocycles. The average Bonchev–Trinajstić information content (AvgIpc) is 2.39. The summed E-state index contributed by atoms with van der Waals surface area (Å²) in [6.45, 7) is 4.41. The SMILES string of the molecule is CCOC(=O)[C@@H]1CC[C@H](Nc2cccc(O)c2)C[C@@H]1C. The number of hydrogen-bond donors (Lipinski definition) is 2. The van der Waals surface area contributed by atoms with E-state index < -0.39 is 0 Å². The molecule has 0 spiro atoms. The molecule has 20 heavy (non-hydrogen) atoms. The predicted octanol–water partition coefficient (Wildman–Crippen LogP) is 3.17. The van der Waals surface area contributed by atoms with Gasteiger partial charge in [0.2, 0.25) is 0 Å². The van der Waals surface area contributed by atoms with Crippen LogP contribution in [-0.4, -0.2) is 23.7 Å². The Balaban J connectivity index is 1.90. The number of hydrogen-bond acceptors (Lipinski definition) is 4. The van der Waals surface area contributed by atoms with Gasteiger partial charge in [0, 0.05) is 17.8 Å². The lowest BCUT2D eigenvalue weighted by Gasteiger charge is -2.33. The van der Waals surface area contributed by atoms with Crippen LogP contribution >= 0.6 is 0 Å². The third-order valence-electron chi connectivity index (χ3n) is 3.98. The number of esters is 1. The molecule has 3 atom stereocenters. The average molecular weight is 277 g/mol. The van der Waals surface area contributed by atoms with Gasteiger partial charge in [-0.25, -0.2) is 0 Å². The van der Waals surface area contributed by atoms with E-state index in [1.165, 1.54) is 0 Å². The van der Waals surface area contributed by atoms with Crippen LogP contribution in [0, 0.1) is 11.8 Å². The molecule has 0 heterocycles. The lowest BCUT2D eigenvalue weighted by molar-refractivity contribution is -0.151. The van der Waals surface area contributed by atoms with Crippen LogP contribution in [0.2, 0.25) is 0 Å². The van der Waals surface area contributed by atoms with E-state index in [9.17, 15) is 9.90 Å². The van der Waals surface area contributed by atoms with E-state index in [0.29, 0.717) is 18.6 Å². The highest BCUT2D eigenvalue weighted by atomic mass is 16.5. The number of aromatic hydroxyl groups is 1. The van der Waals surface area contributed by atoms with Crippen molar-refractivity contribution in [3.05, 3.63) is 24.3 Å². The number of ether oxygens (including phenoxy) is 1. The van der Waals surface area contributed by atoms with E-state index in [1.54, 1.807) is 12.1 Å².